The van der Waals surface area contributed by atoms with E-state index in [1.807, 2.05) is 79.8 Å². The first-order valence-corrected chi connectivity index (χ1v) is 16.9. The van der Waals surface area contributed by atoms with Gasteiger partial charge in [-0.3, -0.25) is 9.11 Å². The van der Waals surface area contributed by atoms with E-state index in [9.17, 15) is 27.0 Å². The number of β-amino-alcohol motifs (C(OH)–C–C–N with tert-alkyl or cyclic N) is 1. The van der Waals surface area contributed by atoms with Gasteiger partial charge < -0.3 is 15.1 Å². The minimum atomic E-state index is -4.33. The van der Waals surface area contributed by atoms with Gasteiger partial charge in [0.1, 0.15) is 22.3 Å². The van der Waals surface area contributed by atoms with Crippen LogP contribution in [0.4, 0.5) is 5.69 Å². The molecule has 40 heavy (non-hydrogen) atoms. The molecule has 2 atom stereocenters. The average Bonchev–Trinajstić information content (AvgIpc) is 3.37. The summed E-state index contributed by atoms with van der Waals surface area (Å²) < 4.78 is 65.9. The molecule has 0 aliphatic carbocycles. The lowest BCUT2D eigenvalue weighted by Crippen LogP contribution is -2.43. The fourth-order valence-corrected chi connectivity index (χ4v) is 7.54. The van der Waals surface area contributed by atoms with Gasteiger partial charge in [0.05, 0.1) is 23.4 Å². The fourth-order valence-electron chi connectivity index (χ4n) is 4.20. The number of hydrogen-bond acceptors (Lipinski definition) is 9. The second-order valence-electron chi connectivity index (χ2n) is 9.25. The maximum atomic E-state index is 11.2. The summed E-state index contributed by atoms with van der Waals surface area (Å²) >= 11 is 2.95. The van der Waals surface area contributed by atoms with E-state index in [1.54, 1.807) is 9.47 Å². The Hall–Kier alpha value is -2.56. The highest BCUT2D eigenvalue weighted by molar-refractivity contribution is 8.03. The Kier molecular flexibility index (Phi) is 9.52. The Morgan fingerprint density at radius 3 is 2.35 bits per heavy atom. The molecule has 4 rings (SSSR count). The van der Waals surface area contributed by atoms with Crippen molar-refractivity contribution in [3.05, 3.63) is 82.4 Å². The van der Waals surface area contributed by atoms with Gasteiger partial charge in [-0.15, -0.1) is 0 Å². The summed E-state index contributed by atoms with van der Waals surface area (Å²) in [7, 11) is -8.66. The number of fused-ring (bicyclic) bond motifs is 2. The van der Waals surface area contributed by atoms with E-state index >= 15 is 0 Å². The van der Waals surface area contributed by atoms with E-state index < -0.39 is 43.9 Å². The van der Waals surface area contributed by atoms with Crippen LogP contribution in [0.3, 0.4) is 0 Å². The van der Waals surface area contributed by atoms with Crippen molar-refractivity contribution in [1.82, 2.24) is 0 Å². The summed E-state index contributed by atoms with van der Waals surface area (Å²) in [6.07, 6.45) is 4.87. The highest BCUT2D eigenvalue weighted by Crippen LogP contribution is 2.45. The van der Waals surface area contributed by atoms with Gasteiger partial charge in [-0.1, -0.05) is 65.1 Å². The predicted octanol–water partition coefficient (Wildman–Crippen LogP) is 3.10. The lowest BCUT2D eigenvalue weighted by molar-refractivity contribution is -0.675. The Morgan fingerprint density at radius 1 is 0.975 bits per heavy atom. The van der Waals surface area contributed by atoms with Crippen molar-refractivity contribution in [1.29, 1.82) is 0 Å². The van der Waals surface area contributed by atoms with Crippen LogP contribution in [0.5, 0.6) is 0 Å². The maximum absolute atomic E-state index is 11.2. The number of allylic oxidation sites excluding steroid dienone is 4. The molecule has 3 aromatic rings. The molecular formula is C26H29N2O8S4+. The molecule has 1 aromatic heterocycles. The van der Waals surface area contributed by atoms with Crippen LogP contribution in [0.2, 0.25) is 0 Å². The monoisotopic (exact) mass is 625 g/mol. The van der Waals surface area contributed by atoms with E-state index in [2.05, 4.69) is 0 Å². The number of thioether (sulfide) groups is 1. The van der Waals surface area contributed by atoms with Gasteiger partial charge in [-0.05, 0) is 31.2 Å². The van der Waals surface area contributed by atoms with Crippen molar-refractivity contribution in [2.45, 2.75) is 30.6 Å². The number of thiazole rings is 1. The minimum absolute atomic E-state index is 0.0218. The maximum Gasteiger partial charge on any atom is 0.267 e. The Bertz CT molecular complexity index is 1690. The summed E-state index contributed by atoms with van der Waals surface area (Å²) in [6, 6.07) is 15.1. The van der Waals surface area contributed by atoms with Crippen LogP contribution in [-0.2, 0) is 26.8 Å². The molecule has 0 radical (unpaired) electrons. The minimum Gasteiger partial charge on any atom is -0.390 e. The number of para-hydroxylation sites is 2. The summed E-state index contributed by atoms with van der Waals surface area (Å²) in [6.45, 7) is 1.85. The smallest absolute Gasteiger partial charge is 0.267 e. The van der Waals surface area contributed by atoms with E-state index in [-0.39, 0.29) is 13.1 Å². The molecule has 1 aliphatic heterocycles. The molecule has 1 aliphatic rings. The molecule has 14 heteroatoms. The van der Waals surface area contributed by atoms with Crippen LogP contribution in [0.15, 0.2) is 82.3 Å². The van der Waals surface area contributed by atoms with Crippen molar-refractivity contribution >= 4 is 65.3 Å². The Morgan fingerprint density at radius 2 is 1.62 bits per heavy atom. The molecule has 2 heterocycles. The van der Waals surface area contributed by atoms with Crippen LogP contribution >= 0.6 is 23.1 Å². The number of aliphatic hydroxyl groups excluding tert-OH is 2. The molecule has 2 aromatic carbocycles. The molecule has 0 bridgehead atoms. The second-order valence-corrected chi connectivity index (χ2v) is 14.4. The topological polar surface area (TPSA) is 156 Å². The molecule has 4 N–H and O–H groups in total. The van der Waals surface area contributed by atoms with E-state index in [4.69, 9.17) is 9.11 Å². The summed E-state index contributed by atoms with van der Waals surface area (Å²) in [5.74, 6) is -1.54. The number of anilines is 1. The third kappa shape index (κ3) is 8.24. The first-order chi connectivity index (χ1) is 18.8. The Labute approximate surface area is 241 Å². The normalized spacial score (nSPS) is 17.2. The molecule has 0 saturated carbocycles. The quantitative estimate of drug-likeness (QED) is 0.142. The van der Waals surface area contributed by atoms with Crippen molar-refractivity contribution in [3.8, 4) is 0 Å². The van der Waals surface area contributed by atoms with Gasteiger partial charge in [0.2, 0.25) is 5.52 Å². The van der Waals surface area contributed by atoms with Gasteiger partial charge in [-0.2, -0.15) is 21.4 Å². The molecule has 214 valence electrons. The zero-order valence-corrected chi connectivity index (χ0v) is 24.6. The largest absolute Gasteiger partial charge is 0.390 e. The number of aliphatic hydroxyl groups is 2. The SMILES string of the molecule is CC(C=Cc1sc2ccccc2[n+]1CC(O)CS(=O)(=O)O)=CC=C1Sc2ccccc2N1CC(O)CS(=O)(=O)O. The van der Waals surface area contributed by atoms with E-state index in [0.717, 1.165) is 36.4 Å². The first kappa shape index (κ1) is 30.4. The zero-order chi connectivity index (χ0) is 29.1. The predicted molar refractivity (Wildman–Crippen MR) is 157 cm³/mol. The summed E-state index contributed by atoms with van der Waals surface area (Å²) in [5, 5.41) is 22.1. The number of rotatable bonds is 11. The standard InChI is InChI=1S/C26H28N2O8S4/c1-18(10-12-25-27(14-19(29)16-39(31,32)33)21-6-2-4-8-23(21)37-25)11-13-26-28(15-20(30)17-40(34,35)36)22-7-3-5-9-24(22)38-26/h2-13,19-20,29-30H,14-17H2,1H3,(H-,31,32,33,34,35,36)/p+1. The molecule has 2 unspecified atom stereocenters. The van der Waals surface area contributed by atoms with Gasteiger partial charge in [0.15, 0.2) is 6.54 Å². The van der Waals surface area contributed by atoms with Crippen LogP contribution in [-0.4, -0.2) is 66.4 Å². The van der Waals surface area contributed by atoms with E-state index in [1.165, 1.54) is 23.1 Å². The summed E-state index contributed by atoms with van der Waals surface area (Å²) in [5.41, 5.74) is 2.51. The third-order valence-corrected chi connectivity index (χ3v) is 9.72. The Balaban J connectivity index is 1.58. The number of aromatic nitrogens is 1. The number of benzene rings is 2. The number of hydrogen-bond donors (Lipinski definition) is 4. The zero-order valence-electron chi connectivity index (χ0n) is 21.4. The van der Waals surface area contributed by atoms with Gasteiger partial charge in [0, 0.05) is 17.0 Å². The van der Waals surface area contributed by atoms with Crippen molar-refractivity contribution < 1.29 is 40.7 Å². The molecule has 0 amide bonds. The molecule has 0 saturated heterocycles. The van der Waals surface area contributed by atoms with Crippen molar-refractivity contribution in [2.75, 3.05) is 23.0 Å². The first-order valence-electron chi connectivity index (χ1n) is 12.1. The average molecular weight is 626 g/mol. The highest BCUT2D eigenvalue weighted by atomic mass is 32.2. The summed E-state index contributed by atoms with van der Waals surface area (Å²) in [4.78, 5) is 2.75. The molecule has 0 spiro atoms. The van der Waals surface area contributed by atoms with Gasteiger partial charge >= 0.3 is 0 Å². The lowest BCUT2D eigenvalue weighted by Gasteiger charge is -2.23. The number of nitrogens with zero attached hydrogens (tertiary/aromatic N) is 2. The van der Waals surface area contributed by atoms with Gasteiger partial charge in [-0.25, -0.2) is 0 Å². The van der Waals surface area contributed by atoms with Crippen LogP contribution in [0, 0.1) is 0 Å². The van der Waals surface area contributed by atoms with Crippen LogP contribution in [0.1, 0.15) is 11.9 Å². The highest BCUT2D eigenvalue weighted by Gasteiger charge is 2.28. The van der Waals surface area contributed by atoms with Crippen molar-refractivity contribution in [2.24, 2.45) is 0 Å². The lowest BCUT2D eigenvalue weighted by atomic mass is 10.2. The molecule has 0 fully saturated rings. The third-order valence-electron chi connectivity index (χ3n) is 5.84. The van der Waals surface area contributed by atoms with Crippen molar-refractivity contribution in [3.63, 3.8) is 0 Å². The van der Waals surface area contributed by atoms with Crippen LogP contribution in [0.25, 0.3) is 16.3 Å². The molecular weight excluding hydrogens is 597 g/mol. The fraction of sp³-hybridized carbons (Fsp3) is 0.269. The second kappa shape index (κ2) is 12.5. The van der Waals surface area contributed by atoms with Crippen LogP contribution < -0.4 is 9.47 Å². The van der Waals surface area contributed by atoms with E-state index in [0.29, 0.717) is 0 Å². The van der Waals surface area contributed by atoms with Gasteiger partial charge in [0.25, 0.3) is 25.2 Å². The molecule has 10 nitrogen and oxygen atoms in total.